The minimum absolute atomic E-state index is 0.117. The molecule has 0 atom stereocenters. The molecule has 0 saturated heterocycles. The number of furan rings is 1. The highest BCUT2D eigenvalue weighted by molar-refractivity contribution is 7.07. The van der Waals surface area contributed by atoms with Crippen molar-refractivity contribution < 1.29 is 14.1 Å². The lowest BCUT2D eigenvalue weighted by atomic mass is 10.1. The van der Waals surface area contributed by atoms with Crippen LogP contribution in [0.25, 0.3) is 28.7 Å². The van der Waals surface area contributed by atoms with Crippen LogP contribution in [0.4, 0.5) is 11.4 Å². The lowest BCUT2D eigenvalue weighted by molar-refractivity contribution is -0.384. The second kappa shape index (κ2) is 11.2. The molecule has 5 aromatic rings. The van der Waals surface area contributed by atoms with Crippen LogP contribution in [0.2, 0.25) is 5.02 Å². The van der Waals surface area contributed by atoms with Crippen LogP contribution in [0, 0.1) is 21.4 Å². The number of nitro groups is 1. The van der Waals surface area contributed by atoms with Crippen LogP contribution in [0.15, 0.2) is 100 Å². The van der Waals surface area contributed by atoms with E-state index < -0.39 is 16.4 Å². The Morgan fingerprint density at radius 2 is 1.73 bits per heavy atom. The lowest BCUT2D eigenvalue weighted by Gasteiger charge is -2.06. The van der Waals surface area contributed by atoms with E-state index in [-0.39, 0.29) is 32.0 Å². The minimum atomic E-state index is -0.695. The number of hydrogen-bond acceptors (Lipinski definition) is 7. The lowest BCUT2D eigenvalue weighted by Crippen LogP contribution is -2.32. The maximum absolute atomic E-state index is 13.6. The molecule has 196 valence electrons. The topological polar surface area (TPSA) is 131 Å². The molecule has 0 aliphatic heterocycles. The Kier molecular flexibility index (Phi) is 7.41. The molecule has 40 heavy (non-hydrogen) atoms. The summed E-state index contributed by atoms with van der Waals surface area (Å²) in [6, 6.07) is 26.3. The fourth-order valence-corrected chi connectivity index (χ4v) is 5.14. The number of benzene rings is 3. The van der Waals surface area contributed by atoms with Crippen LogP contribution in [-0.2, 0) is 4.79 Å². The molecular formula is C29H17ClN4O5S. The summed E-state index contributed by atoms with van der Waals surface area (Å²) in [5, 5.41) is 24.6. The van der Waals surface area contributed by atoms with E-state index in [0.717, 1.165) is 11.3 Å². The number of hydrogen-bond donors (Lipinski definition) is 1. The van der Waals surface area contributed by atoms with Gasteiger partial charge in [-0.05, 0) is 54.6 Å². The summed E-state index contributed by atoms with van der Waals surface area (Å²) in [5.41, 5.74) is 0.332. The van der Waals surface area contributed by atoms with Crippen LogP contribution in [0.3, 0.4) is 0 Å². The molecule has 2 aromatic heterocycles. The highest BCUT2D eigenvalue weighted by atomic mass is 35.5. The number of nitro benzene ring substituents is 1. The maximum atomic E-state index is 13.6. The maximum Gasteiger partial charge on any atom is 0.280 e. The van der Waals surface area contributed by atoms with Crippen LogP contribution in [0.1, 0.15) is 5.76 Å². The number of nitrogens with zero attached hydrogens (tertiary/aromatic N) is 3. The number of rotatable bonds is 6. The summed E-state index contributed by atoms with van der Waals surface area (Å²) in [6.45, 7) is 0. The van der Waals surface area contributed by atoms with E-state index in [1.807, 2.05) is 6.07 Å². The van der Waals surface area contributed by atoms with Gasteiger partial charge in [0.1, 0.15) is 22.3 Å². The molecule has 0 saturated carbocycles. The van der Waals surface area contributed by atoms with Crippen molar-refractivity contribution in [2.24, 2.45) is 0 Å². The predicted octanol–water partition coefficient (Wildman–Crippen LogP) is 4.86. The fraction of sp³-hybridized carbons (Fsp3) is 0. The number of nitriles is 1. The molecule has 3 aromatic carbocycles. The largest absolute Gasteiger partial charge is 0.456 e. The molecule has 1 amide bonds. The van der Waals surface area contributed by atoms with E-state index in [4.69, 9.17) is 16.0 Å². The zero-order valence-electron chi connectivity index (χ0n) is 20.4. The molecule has 0 bridgehead atoms. The van der Waals surface area contributed by atoms with Crippen LogP contribution in [-0.4, -0.2) is 15.4 Å². The summed E-state index contributed by atoms with van der Waals surface area (Å²) >= 11 is 6.87. The van der Waals surface area contributed by atoms with Gasteiger partial charge in [0.05, 0.1) is 20.7 Å². The van der Waals surface area contributed by atoms with E-state index in [9.17, 15) is 25.0 Å². The van der Waals surface area contributed by atoms with Crippen LogP contribution in [0.5, 0.6) is 0 Å². The van der Waals surface area contributed by atoms with E-state index in [1.54, 1.807) is 84.9 Å². The molecule has 5 rings (SSSR count). The highest BCUT2D eigenvalue weighted by Crippen LogP contribution is 2.31. The Bertz CT molecular complexity index is 1970. The number of carbonyl (C=O) groups excluding carboxylic acids is 1. The van der Waals surface area contributed by atoms with Gasteiger partial charge in [-0.15, -0.1) is 11.3 Å². The molecule has 0 spiro atoms. The minimum Gasteiger partial charge on any atom is -0.456 e. The Balaban J connectivity index is 1.66. The highest BCUT2D eigenvalue weighted by Gasteiger charge is 2.19. The number of halogens is 1. The molecule has 0 radical (unpaired) electrons. The van der Waals surface area contributed by atoms with Crippen molar-refractivity contribution in [1.29, 1.82) is 5.26 Å². The molecular weight excluding hydrogens is 552 g/mol. The zero-order valence-corrected chi connectivity index (χ0v) is 22.0. The second-order valence-corrected chi connectivity index (χ2v) is 9.78. The SMILES string of the molecule is N#C/C(C(=O)Nc1ccc(Cl)cc1)=c1/s/c(=C/c2ccc(-c3ccccc3[N+](=O)[O-])o2)c(=O)n1-c1ccccc1. The molecule has 9 nitrogen and oxygen atoms in total. The van der Waals surface area contributed by atoms with E-state index in [1.165, 1.54) is 16.7 Å². The Morgan fingerprint density at radius 1 is 1.02 bits per heavy atom. The first-order valence-electron chi connectivity index (χ1n) is 11.7. The van der Waals surface area contributed by atoms with Crippen molar-refractivity contribution in [2.45, 2.75) is 0 Å². The van der Waals surface area contributed by atoms with Crippen molar-refractivity contribution in [1.82, 2.24) is 4.57 Å². The molecule has 0 fully saturated rings. The molecule has 11 heteroatoms. The van der Waals surface area contributed by atoms with Gasteiger partial charge in [-0.25, -0.2) is 0 Å². The third-order valence-corrected chi connectivity index (χ3v) is 7.10. The van der Waals surface area contributed by atoms with E-state index in [2.05, 4.69) is 5.32 Å². The Labute approximate surface area is 235 Å². The molecule has 2 heterocycles. The van der Waals surface area contributed by atoms with Crippen molar-refractivity contribution in [3.05, 3.63) is 131 Å². The zero-order chi connectivity index (χ0) is 28.2. The average Bonchev–Trinajstić information content (AvgIpc) is 3.55. The number of carbonyl (C=O) groups is 1. The van der Waals surface area contributed by atoms with Crippen LogP contribution < -0.4 is 20.1 Å². The van der Waals surface area contributed by atoms with E-state index >= 15 is 0 Å². The predicted molar refractivity (Wildman–Crippen MR) is 153 cm³/mol. The van der Waals surface area contributed by atoms with E-state index in [0.29, 0.717) is 22.0 Å². The Hall–Kier alpha value is -5.24. The first kappa shape index (κ1) is 26.4. The number of amides is 1. The van der Waals surface area contributed by atoms with Gasteiger partial charge in [-0.1, -0.05) is 41.9 Å². The van der Waals surface area contributed by atoms with Crippen molar-refractivity contribution in [2.75, 3.05) is 5.32 Å². The number of aromatic nitrogens is 1. The van der Waals surface area contributed by atoms with Crippen LogP contribution >= 0.6 is 22.9 Å². The standard InChI is InChI=1S/C29H17ClN4O5S/c30-18-10-12-19(13-11-18)32-27(35)23(17-31)29-33(20-6-2-1-3-7-20)28(36)26(40-29)16-21-14-15-25(39-21)22-8-4-5-9-24(22)34(37)38/h1-16H,(H,32,35)/b26-16+,29-23-. The summed E-state index contributed by atoms with van der Waals surface area (Å²) in [7, 11) is 0. The van der Waals surface area contributed by atoms with Gasteiger partial charge in [0, 0.05) is 22.9 Å². The van der Waals surface area contributed by atoms with Gasteiger partial charge in [0.25, 0.3) is 17.2 Å². The molecule has 0 aliphatic carbocycles. The normalized spacial score (nSPS) is 12.1. The first-order chi connectivity index (χ1) is 19.4. The van der Waals surface area contributed by atoms with Gasteiger partial charge in [-0.2, -0.15) is 5.26 Å². The quantitative estimate of drug-likeness (QED) is 0.230. The van der Waals surface area contributed by atoms with Gasteiger partial charge in [-0.3, -0.25) is 24.3 Å². The second-order valence-electron chi connectivity index (χ2n) is 8.32. The number of anilines is 1. The molecule has 0 unspecified atom stereocenters. The summed E-state index contributed by atoms with van der Waals surface area (Å²) in [6.07, 6.45) is 1.47. The number of nitrogens with one attached hydrogen (secondary N) is 1. The van der Waals surface area contributed by atoms with Crippen molar-refractivity contribution in [3.8, 4) is 23.1 Å². The van der Waals surface area contributed by atoms with Gasteiger partial charge in [0.15, 0.2) is 5.57 Å². The van der Waals surface area contributed by atoms with Gasteiger partial charge < -0.3 is 9.73 Å². The van der Waals surface area contributed by atoms with Gasteiger partial charge in [0.2, 0.25) is 0 Å². The monoisotopic (exact) mass is 568 g/mol. The van der Waals surface area contributed by atoms with Gasteiger partial charge >= 0.3 is 0 Å². The summed E-state index contributed by atoms with van der Waals surface area (Å²) in [4.78, 5) is 37.7. The fourth-order valence-electron chi connectivity index (χ4n) is 3.93. The number of para-hydroxylation sites is 2. The summed E-state index contributed by atoms with van der Waals surface area (Å²) in [5.74, 6) is -0.174. The van der Waals surface area contributed by atoms with Crippen molar-refractivity contribution in [3.63, 3.8) is 0 Å². The molecule has 1 N–H and O–H groups in total. The first-order valence-corrected chi connectivity index (χ1v) is 12.9. The third kappa shape index (κ3) is 5.33. The molecule has 0 aliphatic rings. The number of thiazole rings is 1. The average molecular weight is 569 g/mol. The van der Waals surface area contributed by atoms with Crippen molar-refractivity contribution >= 4 is 51.9 Å². The third-order valence-electron chi connectivity index (χ3n) is 5.76. The summed E-state index contributed by atoms with van der Waals surface area (Å²) < 4.78 is 7.44. The Morgan fingerprint density at radius 3 is 2.42 bits per heavy atom. The smallest absolute Gasteiger partial charge is 0.280 e.